The minimum atomic E-state index is 0.140. The molecule has 16 heavy (non-hydrogen) atoms. The fourth-order valence-corrected chi connectivity index (χ4v) is 2.94. The molecule has 1 aliphatic rings. The van der Waals surface area contributed by atoms with E-state index in [0.29, 0.717) is 0 Å². The van der Waals surface area contributed by atoms with Crippen molar-refractivity contribution < 1.29 is 0 Å². The van der Waals surface area contributed by atoms with Gasteiger partial charge in [-0.15, -0.1) is 0 Å². The summed E-state index contributed by atoms with van der Waals surface area (Å²) in [5, 5.41) is 3.85. The quantitative estimate of drug-likeness (QED) is 0.753. The summed E-state index contributed by atoms with van der Waals surface area (Å²) in [6, 6.07) is 10.9. The standard InChI is InChI=1S/C15H23N/c1-14(2)11-7-8-12-15(3,16-14)13-9-5-4-6-10-13/h4-6,9-10,16H,7-8,11-12H2,1-3H3. The van der Waals surface area contributed by atoms with Crippen molar-refractivity contribution in [2.75, 3.05) is 0 Å². The van der Waals surface area contributed by atoms with Gasteiger partial charge in [0.15, 0.2) is 0 Å². The van der Waals surface area contributed by atoms with Crippen molar-refractivity contribution in [2.24, 2.45) is 0 Å². The molecule has 0 aliphatic carbocycles. The summed E-state index contributed by atoms with van der Waals surface area (Å²) >= 11 is 0. The molecule has 0 amide bonds. The lowest BCUT2D eigenvalue weighted by Crippen LogP contribution is -2.50. The van der Waals surface area contributed by atoms with E-state index in [1.54, 1.807) is 0 Å². The van der Waals surface area contributed by atoms with Gasteiger partial charge in [-0.3, -0.25) is 0 Å². The Balaban J connectivity index is 2.29. The molecule has 1 aromatic rings. The summed E-state index contributed by atoms with van der Waals surface area (Å²) in [5.41, 5.74) is 1.81. The average Bonchev–Trinajstić information content (AvgIpc) is 2.39. The van der Waals surface area contributed by atoms with E-state index in [2.05, 4.69) is 56.4 Å². The molecule has 1 saturated heterocycles. The molecule has 1 nitrogen and oxygen atoms in total. The first-order valence-electron chi connectivity index (χ1n) is 6.37. The Morgan fingerprint density at radius 1 is 0.938 bits per heavy atom. The van der Waals surface area contributed by atoms with Crippen LogP contribution in [0.25, 0.3) is 0 Å². The van der Waals surface area contributed by atoms with Gasteiger partial charge in [-0.05, 0) is 39.2 Å². The highest BCUT2D eigenvalue weighted by molar-refractivity contribution is 5.24. The molecule has 1 heterocycles. The van der Waals surface area contributed by atoms with Gasteiger partial charge in [-0.25, -0.2) is 0 Å². The first-order chi connectivity index (χ1) is 7.52. The largest absolute Gasteiger partial charge is 0.303 e. The molecule has 1 heteroatoms. The van der Waals surface area contributed by atoms with Crippen LogP contribution in [0, 0.1) is 0 Å². The van der Waals surface area contributed by atoms with Gasteiger partial charge in [-0.2, -0.15) is 0 Å². The third-order valence-electron chi connectivity index (χ3n) is 3.75. The summed E-state index contributed by atoms with van der Waals surface area (Å²) in [6.45, 7) is 6.98. The van der Waals surface area contributed by atoms with Crippen LogP contribution in [0.2, 0.25) is 0 Å². The Labute approximate surface area is 99.3 Å². The van der Waals surface area contributed by atoms with Crippen LogP contribution in [0.4, 0.5) is 0 Å². The Hall–Kier alpha value is -0.820. The Morgan fingerprint density at radius 2 is 1.56 bits per heavy atom. The van der Waals surface area contributed by atoms with Gasteiger partial charge in [-0.1, -0.05) is 43.2 Å². The lowest BCUT2D eigenvalue weighted by molar-refractivity contribution is 0.253. The van der Waals surface area contributed by atoms with Gasteiger partial charge in [0.05, 0.1) is 0 Å². The zero-order valence-corrected chi connectivity index (χ0v) is 10.7. The molecule has 88 valence electrons. The monoisotopic (exact) mass is 217 g/mol. The van der Waals surface area contributed by atoms with Crippen molar-refractivity contribution in [2.45, 2.75) is 57.5 Å². The van der Waals surface area contributed by atoms with Gasteiger partial charge in [0.1, 0.15) is 0 Å². The fourth-order valence-electron chi connectivity index (χ4n) is 2.94. The molecule has 0 aromatic heterocycles. The third kappa shape index (κ3) is 2.46. The SMILES string of the molecule is CC1(C)CCCCC(C)(c2ccccc2)N1. The molecule has 1 atom stereocenters. The predicted molar refractivity (Wildman–Crippen MR) is 69.5 cm³/mol. The van der Waals surface area contributed by atoms with Crippen molar-refractivity contribution in [3.05, 3.63) is 35.9 Å². The molecule has 1 unspecified atom stereocenters. The molecule has 1 fully saturated rings. The van der Waals surface area contributed by atoms with Gasteiger partial charge >= 0.3 is 0 Å². The molecular weight excluding hydrogens is 194 g/mol. The maximum absolute atomic E-state index is 3.85. The molecular formula is C15H23N. The Bertz CT molecular complexity index is 342. The number of nitrogens with one attached hydrogen (secondary N) is 1. The van der Waals surface area contributed by atoms with E-state index in [4.69, 9.17) is 0 Å². The fraction of sp³-hybridized carbons (Fsp3) is 0.600. The van der Waals surface area contributed by atoms with Crippen LogP contribution in [0.3, 0.4) is 0 Å². The van der Waals surface area contributed by atoms with Gasteiger partial charge in [0.2, 0.25) is 0 Å². The third-order valence-corrected chi connectivity index (χ3v) is 3.75. The van der Waals surface area contributed by atoms with E-state index in [-0.39, 0.29) is 11.1 Å². The highest BCUT2D eigenvalue weighted by atomic mass is 15.0. The van der Waals surface area contributed by atoms with Crippen LogP contribution in [0.5, 0.6) is 0 Å². The summed E-state index contributed by atoms with van der Waals surface area (Å²) < 4.78 is 0. The van der Waals surface area contributed by atoms with Crippen LogP contribution in [-0.2, 0) is 5.54 Å². The first-order valence-corrected chi connectivity index (χ1v) is 6.37. The van der Waals surface area contributed by atoms with Crippen molar-refractivity contribution >= 4 is 0 Å². The molecule has 0 bridgehead atoms. The van der Waals surface area contributed by atoms with Crippen molar-refractivity contribution in [3.63, 3.8) is 0 Å². The summed E-state index contributed by atoms with van der Waals surface area (Å²) in [4.78, 5) is 0. The average molecular weight is 217 g/mol. The smallest absolute Gasteiger partial charge is 0.0410 e. The molecule has 1 N–H and O–H groups in total. The lowest BCUT2D eigenvalue weighted by Gasteiger charge is -2.38. The normalized spacial score (nSPS) is 29.7. The lowest BCUT2D eigenvalue weighted by atomic mass is 9.86. The van der Waals surface area contributed by atoms with E-state index >= 15 is 0 Å². The van der Waals surface area contributed by atoms with E-state index < -0.39 is 0 Å². The highest BCUT2D eigenvalue weighted by Gasteiger charge is 2.34. The van der Waals surface area contributed by atoms with E-state index in [0.717, 1.165) is 0 Å². The molecule has 0 spiro atoms. The Morgan fingerprint density at radius 3 is 2.25 bits per heavy atom. The number of hydrogen-bond donors (Lipinski definition) is 1. The number of benzene rings is 1. The highest BCUT2D eigenvalue weighted by Crippen LogP contribution is 2.34. The molecule has 1 aromatic carbocycles. The second-order valence-electron chi connectivity index (χ2n) is 5.91. The molecule has 2 rings (SSSR count). The zero-order chi connectivity index (χ0) is 11.6. The van der Waals surface area contributed by atoms with Crippen molar-refractivity contribution in [3.8, 4) is 0 Å². The van der Waals surface area contributed by atoms with Crippen LogP contribution in [-0.4, -0.2) is 5.54 Å². The maximum atomic E-state index is 3.85. The molecule has 1 aliphatic heterocycles. The zero-order valence-electron chi connectivity index (χ0n) is 10.7. The van der Waals surface area contributed by atoms with E-state index in [1.807, 2.05) is 0 Å². The van der Waals surface area contributed by atoms with Crippen LogP contribution >= 0.6 is 0 Å². The summed E-state index contributed by atoms with van der Waals surface area (Å²) in [7, 11) is 0. The topological polar surface area (TPSA) is 12.0 Å². The van der Waals surface area contributed by atoms with Crippen molar-refractivity contribution in [1.82, 2.24) is 5.32 Å². The second kappa shape index (κ2) is 4.21. The van der Waals surface area contributed by atoms with Crippen molar-refractivity contribution in [1.29, 1.82) is 0 Å². The summed E-state index contributed by atoms with van der Waals surface area (Å²) in [6.07, 6.45) is 5.17. The minimum Gasteiger partial charge on any atom is -0.303 e. The minimum absolute atomic E-state index is 0.140. The van der Waals surface area contributed by atoms with Gasteiger partial charge in [0, 0.05) is 11.1 Å². The molecule has 0 radical (unpaired) electrons. The second-order valence-corrected chi connectivity index (χ2v) is 5.91. The number of rotatable bonds is 1. The first kappa shape index (κ1) is 11.7. The van der Waals surface area contributed by atoms with Gasteiger partial charge in [0.25, 0.3) is 0 Å². The Kier molecular flexibility index (Phi) is 3.07. The number of hydrogen-bond acceptors (Lipinski definition) is 1. The van der Waals surface area contributed by atoms with Crippen LogP contribution in [0.15, 0.2) is 30.3 Å². The predicted octanol–water partition coefficient (Wildman–Crippen LogP) is 3.84. The van der Waals surface area contributed by atoms with Gasteiger partial charge < -0.3 is 5.32 Å². The molecule has 0 saturated carbocycles. The summed E-state index contributed by atoms with van der Waals surface area (Å²) in [5.74, 6) is 0. The van der Waals surface area contributed by atoms with E-state index in [1.165, 1.54) is 31.2 Å². The van der Waals surface area contributed by atoms with Crippen LogP contribution in [0.1, 0.15) is 52.0 Å². The maximum Gasteiger partial charge on any atom is 0.0410 e. The van der Waals surface area contributed by atoms with Crippen LogP contribution < -0.4 is 5.32 Å². The van der Waals surface area contributed by atoms with E-state index in [9.17, 15) is 0 Å².